The molecule has 1 saturated carbocycles. The van der Waals surface area contributed by atoms with Gasteiger partial charge < -0.3 is 9.88 Å². The van der Waals surface area contributed by atoms with E-state index in [1.807, 2.05) is 0 Å². The Morgan fingerprint density at radius 2 is 1.82 bits per heavy atom. The first-order chi connectivity index (χ1) is 15.2. The molecule has 0 bridgehead atoms. The summed E-state index contributed by atoms with van der Waals surface area (Å²) in [6.45, 7) is 0. The SMILES string of the molecule is Cn1c(-c2nc(C(=O)NC3CC3)ccc2S(C)(=O)=O)nc2cc(C(F)(F)C(F)(F)F)nnc21.[HH]. The van der Waals surface area contributed by atoms with Crippen molar-refractivity contribution in [2.45, 2.75) is 35.9 Å². The van der Waals surface area contributed by atoms with Crippen LogP contribution in [-0.2, 0) is 22.8 Å². The van der Waals surface area contributed by atoms with Gasteiger partial charge in [0.05, 0.1) is 4.90 Å². The predicted molar refractivity (Wildman–Crippen MR) is 105 cm³/mol. The maximum atomic E-state index is 13.7. The van der Waals surface area contributed by atoms with Gasteiger partial charge in [-0.25, -0.2) is 18.4 Å². The summed E-state index contributed by atoms with van der Waals surface area (Å²) in [7, 11) is -2.57. The van der Waals surface area contributed by atoms with Gasteiger partial charge in [0.15, 0.2) is 21.3 Å². The molecule has 3 aromatic heterocycles. The molecule has 0 saturated heterocycles. The van der Waals surface area contributed by atoms with Crippen LogP contribution >= 0.6 is 0 Å². The summed E-state index contributed by atoms with van der Waals surface area (Å²) < 4.78 is 91.2. The summed E-state index contributed by atoms with van der Waals surface area (Å²) in [5.41, 5.74) is -2.66. The number of fused-ring (bicyclic) bond motifs is 1. The van der Waals surface area contributed by atoms with E-state index < -0.39 is 39.1 Å². The fourth-order valence-electron chi connectivity index (χ4n) is 3.02. The quantitative estimate of drug-likeness (QED) is 0.544. The third-order valence-electron chi connectivity index (χ3n) is 4.91. The lowest BCUT2D eigenvalue weighted by molar-refractivity contribution is -0.291. The van der Waals surface area contributed by atoms with E-state index in [2.05, 4.69) is 25.5 Å². The van der Waals surface area contributed by atoms with Crippen LogP contribution in [0.1, 0.15) is 30.5 Å². The topological polar surface area (TPSA) is 120 Å². The zero-order valence-corrected chi connectivity index (χ0v) is 17.8. The number of aryl methyl sites for hydroxylation is 1. The zero-order chi connectivity index (χ0) is 24.3. The maximum Gasteiger partial charge on any atom is 0.459 e. The van der Waals surface area contributed by atoms with Gasteiger partial charge in [0.25, 0.3) is 5.91 Å². The monoisotopic (exact) mass is 492 g/mol. The molecule has 9 nitrogen and oxygen atoms in total. The van der Waals surface area contributed by atoms with Crippen molar-refractivity contribution in [2.24, 2.45) is 7.05 Å². The maximum absolute atomic E-state index is 13.7. The number of hydrogen-bond donors (Lipinski definition) is 1. The van der Waals surface area contributed by atoms with E-state index in [-0.39, 0.29) is 35.2 Å². The molecule has 1 aliphatic carbocycles. The molecule has 0 aromatic carbocycles. The molecule has 0 spiro atoms. The van der Waals surface area contributed by atoms with Crippen LogP contribution in [0.5, 0.6) is 0 Å². The van der Waals surface area contributed by atoms with Crippen LogP contribution in [-0.4, -0.2) is 57.5 Å². The number of hydrogen-bond acceptors (Lipinski definition) is 7. The predicted octanol–water partition coefficient (Wildman–Crippen LogP) is 2.62. The van der Waals surface area contributed by atoms with Gasteiger partial charge in [-0.05, 0) is 31.0 Å². The molecular formula is C18H17F5N6O3S. The first kappa shape index (κ1) is 22.9. The van der Waals surface area contributed by atoms with Gasteiger partial charge >= 0.3 is 12.1 Å². The number of rotatable bonds is 5. The molecule has 1 fully saturated rings. The van der Waals surface area contributed by atoms with Gasteiger partial charge in [0.1, 0.15) is 22.6 Å². The summed E-state index contributed by atoms with van der Waals surface area (Å²) in [5, 5.41) is 9.10. The van der Waals surface area contributed by atoms with Crippen LogP contribution in [0.2, 0.25) is 0 Å². The van der Waals surface area contributed by atoms with E-state index in [4.69, 9.17) is 0 Å². The van der Waals surface area contributed by atoms with Crippen molar-refractivity contribution >= 4 is 26.9 Å². The van der Waals surface area contributed by atoms with Crippen LogP contribution in [0.3, 0.4) is 0 Å². The Labute approximate surface area is 184 Å². The fraction of sp³-hybridized carbons (Fsp3) is 0.389. The summed E-state index contributed by atoms with van der Waals surface area (Å²) in [4.78, 5) is 20.2. The highest BCUT2D eigenvalue weighted by atomic mass is 32.2. The van der Waals surface area contributed by atoms with Gasteiger partial charge in [-0.1, -0.05) is 0 Å². The molecule has 3 heterocycles. The minimum atomic E-state index is -5.90. The molecule has 1 amide bonds. The summed E-state index contributed by atoms with van der Waals surface area (Å²) in [6, 6.07) is 2.77. The Balaban J connectivity index is 0.00000324. The number of pyridine rings is 1. The minimum absolute atomic E-state index is 0. The Kier molecular flexibility index (Phi) is 5.14. The fourth-order valence-corrected chi connectivity index (χ4v) is 3.82. The molecule has 0 unspecified atom stereocenters. The van der Waals surface area contributed by atoms with E-state index in [0.29, 0.717) is 6.07 Å². The van der Waals surface area contributed by atoms with Crippen molar-refractivity contribution in [3.8, 4) is 11.5 Å². The third-order valence-corrected chi connectivity index (χ3v) is 6.04. The van der Waals surface area contributed by atoms with Crippen molar-refractivity contribution in [3.05, 3.63) is 29.6 Å². The van der Waals surface area contributed by atoms with E-state index in [9.17, 15) is 35.2 Å². The number of aromatic nitrogens is 5. The average Bonchev–Trinajstić information content (AvgIpc) is 3.47. The van der Waals surface area contributed by atoms with Gasteiger partial charge in [-0.3, -0.25) is 4.79 Å². The first-order valence-electron chi connectivity index (χ1n) is 9.37. The van der Waals surface area contributed by atoms with Gasteiger partial charge in [-0.2, -0.15) is 22.0 Å². The summed E-state index contributed by atoms with van der Waals surface area (Å²) in [5.74, 6) is -6.04. The van der Waals surface area contributed by atoms with Crippen LogP contribution in [0, 0.1) is 0 Å². The molecule has 1 aliphatic rings. The van der Waals surface area contributed by atoms with E-state index in [1.165, 1.54) is 13.1 Å². The number of halogens is 5. The molecule has 33 heavy (non-hydrogen) atoms. The average molecular weight is 492 g/mol. The normalized spacial score (nSPS) is 15.1. The molecule has 0 atom stereocenters. The number of imidazole rings is 1. The minimum Gasteiger partial charge on any atom is -0.348 e. The summed E-state index contributed by atoms with van der Waals surface area (Å²) in [6.07, 6.45) is -3.41. The highest BCUT2D eigenvalue weighted by Crippen LogP contribution is 2.43. The largest absolute Gasteiger partial charge is 0.459 e. The smallest absolute Gasteiger partial charge is 0.348 e. The van der Waals surface area contributed by atoms with E-state index in [0.717, 1.165) is 29.7 Å². The highest BCUT2D eigenvalue weighted by Gasteiger charge is 2.60. The Bertz CT molecular complexity index is 1390. The number of amides is 1. The molecule has 0 radical (unpaired) electrons. The van der Waals surface area contributed by atoms with Crippen molar-refractivity contribution in [3.63, 3.8) is 0 Å². The molecule has 4 rings (SSSR count). The van der Waals surface area contributed by atoms with E-state index in [1.54, 1.807) is 0 Å². The second-order valence-electron chi connectivity index (χ2n) is 7.57. The number of sulfone groups is 1. The molecule has 0 aliphatic heterocycles. The highest BCUT2D eigenvalue weighted by molar-refractivity contribution is 7.90. The standard InChI is InChI=1S/C18H15F5N6O3S.H2/c1-29-14-10(7-12(27-28-14)17(19,20)18(21,22)23)26-15(29)13-11(33(2,31)32)6-5-9(25-13)16(30)24-8-3-4-8;/h5-8H,3-4H2,1-2H3,(H,24,30);1H. The van der Waals surface area contributed by atoms with Crippen LogP contribution in [0.15, 0.2) is 23.1 Å². The molecule has 15 heteroatoms. The van der Waals surface area contributed by atoms with Gasteiger partial charge in [-0.15, -0.1) is 10.2 Å². The van der Waals surface area contributed by atoms with Crippen molar-refractivity contribution in [2.75, 3.05) is 6.26 Å². The lowest BCUT2D eigenvalue weighted by Gasteiger charge is -2.17. The number of nitrogens with zero attached hydrogens (tertiary/aromatic N) is 5. The second-order valence-corrected chi connectivity index (χ2v) is 9.55. The second kappa shape index (κ2) is 7.40. The number of carbonyl (C=O) groups is 1. The van der Waals surface area contributed by atoms with Gasteiger partial charge in [0.2, 0.25) is 0 Å². The zero-order valence-electron chi connectivity index (χ0n) is 17.0. The van der Waals surface area contributed by atoms with Crippen molar-refractivity contribution in [1.82, 2.24) is 30.0 Å². The third kappa shape index (κ3) is 4.12. The lowest BCUT2D eigenvalue weighted by atomic mass is 10.2. The molecular weight excluding hydrogens is 475 g/mol. The van der Waals surface area contributed by atoms with Crippen LogP contribution < -0.4 is 5.32 Å². The number of carbonyl (C=O) groups excluding carboxylic acids is 1. The number of alkyl halides is 5. The first-order valence-corrected chi connectivity index (χ1v) is 11.3. The van der Waals surface area contributed by atoms with Crippen LogP contribution in [0.4, 0.5) is 22.0 Å². The van der Waals surface area contributed by atoms with E-state index >= 15 is 0 Å². The summed E-state index contributed by atoms with van der Waals surface area (Å²) >= 11 is 0. The lowest BCUT2D eigenvalue weighted by Crippen LogP contribution is -2.34. The molecule has 1 N–H and O–H groups in total. The van der Waals surface area contributed by atoms with Crippen LogP contribution in [0.25, 0.3) is 22.7 Å². The Morgan fingerprint density at radius 3 is 2.39 bits per heavy atom. The van der Waals surface area contributed by atoms with Gasteiger partial charge in [0, 0.05) is 20.8 Å². The molecule has 3 aromatic rings. The Morgan fingerprint density at radius 1 is 1.15 bits per heavy atom. The van der Waals surface area contributed by atoms with Crippen molar-refractivity contribution < 1.29 is 36.6 Å². The number of nitrogens with one attached hydrogen (secondary N) is 1. The Hall–Kier alpha value is -3.23. The molecule has 178 valence electrons. The van der Waals surface area contributed by atoms with Crippen molar-refractivity contribution in [1.29, 1.82) is 0 Å².